The fraction of sp³-hybridized carbons (Fsp3) is 0.875. The van der Waals surface area contributed by atoms with Crippen LogP contribution in [0.1, 0.15) is 25.7 Å². The van der Waals surface area contributed by atoms with E-state index >= 15 is 0 Å². The first-order valence-corrected chi connectivity index (χ1v) is 4.22. The molecule has 0 aromatic heterocycles. The molecule has 4 aliphatic heterocycles. The van der Waals surface area contributed by atoms with Crippen molar-refractivity contribution >= 4 is 5.71 Å². The van der Waals surface area contributed by atoms with Crippen molar-refractivity contribution in [2.45, 2.75) is 43.8 Å². The summed E-state index contributed by atoms with van der Waals surface area (Å²) in [5.74, 6) is 0. The Morgan fingerprint density at radius 2 is 1.90 bits per heavy atom. The lowest BCUT2D eigenvalue weighted by Gasteiger charge is -2.44. The van der Waals surface area contributed by atoms with Crippen LogP contribution in [-0.2, 0) is 0 Å². The summed E-state index contributed by atoms with van der Waals surface area (Å²) in [5, 5.41) is 3.63. The Morgan fingerprint density at radius 3 is 2.40 bits per heavy atom. The number of nitrogens with one attached hydrogen (secondary N) is 1. The van der Waals surface area contributed by atoms with E-state index < -0.39 is 0 Å². The maximum absolute atomic E-state index is 4.65. The van der Waals surface area contributed by atoms with E-state index in [4.69, 9.17) is 0 Å². The van der Waals surface area contributed by atoms with Crippen molar-refractivity contribution in [3.05, 3.63) is 0 Å². The topological polar surface area (TPSA) is 24.4 Å². The Hall–Kier alpha value is -0.370. The van der Waals surface area contributed by atoms with Crippen LogP contribution in [0.3, 0.4) is 0 Å². The first-order valence-electron chi connectivity index (χ1n) is 4.22. The van der Waals surface area contributed by atoms with Gasteiger partial charge in [0.2, 0.25) is 0 Å². The standard InChI is InChI=1S/C8H12N2/c1-5-2-7-4-8(9-5)3-6(1)10-7/h5-7,10H,1-4H2. The van der Waals surface area contributed by atoms with Crippen LogP contribution in [0, 0.1) is 0 Å². The predicted octanol–water partition coefficient (Wildman–Crippen LogP) is 0.724. The van der Waals surface area contributed by atoms with Crippen LogP contribution in [0.25, 0.3) is 0 Å². The molecule has 2 nitrogen and oxygen atoms in total. The molecule has 10 heavy (non-hydrogen) atoms. The molecule has 0 amide bonds. The van der Waals surface area contributed by atoms with Crippen LogP contribution in [0.5, 0.6) is 0 Å². The third kappa shape index (κ3) is 0.601. The van der Waals surface area contributed by atoms with Gasteiger partial charge in [-0.25, -0.2) is 0 Å². The second kappa shape index (κ2) is 1.62. The predicted molar refractivity (Wildman–Crippen MR) is 40.4 cm³/mol. The number of nitrogens with zero attached hydrogens (tertiary/aromatic N) is 1. The highest BCUT2D eigenvalue weighted by molar-refractivity contribution is 5.88. The van der Waals surface area contributed by atoms with E-state index in [2.05, 4.69) is 10.3 Å². The molecule has 4 aliphatic rings. The SMILES string of the molecule is C1C2=NC3CC1NC(C2)C3. The highest BCUT2D eigenvalue weighted by atomic mass is 15.1. The fourth-order valence-electron chi connectivity index (χ4n) is 2.63. The highest BCUT2D eigenvalue weighted by Gasteiger charge is 2.37. The maximum Gasteiger partial charge on any atom is 0.0528 e. The molecule has 2 atom stereocenters. The number of hydrogen-bond acceptors (Lipinski definition) is 2. The summed E-state index contributed by atoms with van der Waals surface area (Å²) < 4.78 is 0. The molecule has 0 saturated carbocycles. The molecule has 2 heteroatoms. The van der Waals surface area contributed by atoms with Gasteiger partial charge in [0.1, 0.15) is 0 Å². The van der Waals surface area contributed by atoms with Gasteiger partial charge in [-0.05, 0) is 12.8 Å². The molecule has 54 valence electrons. The van der Waals surface area contributed by atoms with Crippen LogP contribution in [0.4, 0.5) is 0 Å². The van der Waals surface area contributed by atoms with E-state index in [9.17, 15) is 0 Å². The van der Waals surface area contributed by atoms with Crippen LogP contribution >= 0.6 is 0 Å². The maximum atomic E-state index is 4.65. The van der Waals surface area contributed by atoms with Crippen molar-refractivity contribution in [2.24, 2.45) is 4.99 Å². The van der Waals surface area contributed by atoms with Gasteiger partial charge in [0.15, 0.2) is 0 Å². The lowest BCUT2D eigenvalue weighted by Crippen LogP contribution is -2.55. The zero-order valence-corrected chi connectivity index (χ0v) is 6.01. The number of piperidine rings is 2. The molecular weight excluding hydrogens is 124 g/mol. The van der Waals surface area contributed by atoms with Crippen LogP contribution < -0.4 is 5.32 Å². The van der Waals surface area contributed by atoms with Crippen molar-refractivity contribution in [2.75, 3.05) is 0 Å². The zero-order chi connectivity index (χ0) is 6.55. The van der Waals surface area contributed by atoms with Gasteiger partial charge in [-0.1, -0.05) is 0 Å². The summed E-state index contributed by atoms with van der Waals surface area (Å²) in [4.78, 5) is 4.65. The second-order valence-corrected chi connectivity index (χ2v) is 3.79. The third-order valence-corrected chi connectivity index (χ3v) is 2.91. The molecule has 0 aliphatic carbocycles. The van der Waals surface area contributed by atoms with Crippen molar-refractivity contribution in [1.82, 2.24) is 5.32 Å². The first kappa shape index (κ1) is 5.30. The minimum Gasteiger partial charge on any atom is -0.310 e. The Morgan fingerprint density at radius 1 is 1.20 bits per heavy atom. The number of aliphatic imine (C=N–C) groups is 1. The summed E-state index contributed by atoms with van der Waals surface area (Å²) in [7, 11) is 0. The summed E-state index contributed by atoms with van der Waals surface area (Å²) in [6, 6.07) is 2.30. The Labute approximate surface area is 60.7 Å². The van der Waals surface area contributed by atoms with Gasteiger partial charge >= 0.3 is 0 Å². The Bertz CT molecular complexity index is 181. The Balaban J connectivity index is 2.04. The second-order valence-electron chi connectivity index (χ2n) is 3.79. The van der Waals surface area contributed by atoms with Gasteiger partial charge in [-0.3, -0.25) is 4.99 Å². The van der Waals surface area contributed by atoms with Crippen LogP contribution in [0.2, 0.25) is 0 Å². The summed E-state index contributed by atoms with van der Waals surface area (Å²) in [6.07, 6.45) is 5.10. The van der Waals surface area contributed by atoms with E-state index in [0.29, 0.717) is 6.04 Å². The minimum absolute atomic E-state index is 0.703. The van der Waals surface area contributed by atoms with Gasteiger partial charge in [0.05, 0.1) is 6.04 Å². The van der Waals surface area contributed by atoms with Gasteiger partial charge in [-0.2, -0.15) is 0 Å². The molecule has 4 heterocycles. The quantitative estimate of drug-likeness (QED) is 0.521. The summed E-state index contributed by atoms with van der Waals surface area (Å²) >= 11 is 0. The van der Waals surface area contributed by atoms with Crippen molar-refractivity contribution in [3.8, 4) is 0 Å². The number of rotatable bonds is 0. The molecule has 2 saturated heterocycles. The van der Waals surface area contributed by atoms with Gasteiger partial charge in [-0.15, -0.1) is 0 Å². The highest BCUT2D eigenvalue weighted by Crippen LogP contribution is 2.31. The van der Waals surface area contributed by atoms with E-state index in [1.165, 1.54) is 31.4 Å². The summed E-state index contributed by atoms with van der Waals surface area (Å²) in [5.41, 5.74) is 1.50. The van der Waals surface area contributed by atoms with E-state index in [0.717, 1.165) is 12.1 Å². The third-order valence-electron chi connectivity index (χ3n) is 2.91. The largest absolute Gasteiger partial charge is 0.310 e. The molecular formula is C8H12N2. The first-order chi connectivity index (χ1) is 4.90. The molecule has 0 aromatic carbocycles. The lowest BCUT2D eigenvalue weighted by molar-refractivity contribution is 0.259. The smallest absolute Gasteiger partial charge is 0.0528 e. The molecule has 4 rings (SSSR count). The average molecular weight is 136 g/mol. The molecule has 0 aromatic rings. The van der Waals surface area contributed by atoms with E-state index in [-0.39, 0.29) is 0 Å². The molecule has 2 fully saturated rings. The normalized spacial score (nSPS) is 49.6. The lowest BCUT2D eigenvalue weighted by atomic mass is 9.79. The van der Waals surface area contributed by atoms with Crippen molar-refractivity contribution in [1.29, 1.82) is 0 Å². The monoisotopic (exact) mass is 136 g/mol. The van der Waals surface area contributed by atoms with Crippen molar-refractivity contribution in [3.63, 3.8) is 0 Å². The molecule has 1 N–H and O–H groups in total. The van der Waals surface area contributed by atoms with Gasteiger partial charge < -0.3 is 5.32 Å². The van der Waals surface area contributed by atoms with Crippen LogP contribution in [0.15, 0.2) is 4.99 Å². The van der Waals surface area contributed by atoms with Crippen LogP contribution in [-0.4, -0.2) is 23.8 Å². The zero-order valence-electron chi connectivity index (χ0n) is 6.01. The van der Waals surface area contributed by atoms with E-state index in [1.54, 1.807) is 0 Å². The Kier molecular flexibility index (Phi) is 0.857. The number of hydrogen-bond donors (Lipinski definition) is 1. The average Bonchev–Trinajstić information content (AvgIpc) is 1.82. The molecule has 0 spiro atoms. The molecule has 2 unspecified atom stereocenters. The van der Waals surface area contributed by atoms with E-state index in [1.807, 2.05) is 0 Å². The van der Waals surface area contributed by atoms with Gasteiger partial charge in [0, 0.05) is 30.6 Å². The minimum atomic E-state index is 0.703. The van der Waals surface area contributed by atoms with Gasteiger partial charge in [0.25, 0.3) is 0 Å². The summed E-state index contributed by atoms with van der Waals surface area (Å²) in [6.45, 7) is 0. The molecule has 4 bridgehead atoms. The van der Waals surface area contributed by atoms with Crippen molar-refractivity contribution < 1.29 is 0 Å². The fourth-order valence-corrected chi connectivity index (χ4v) is 2.63. The molecule has 0 radical (unpaired) electrons.